The lowest BCUT2D eigenvalue weighted by atomic mass is 10.1. The van der Waals surface area contributed by atoms with Gasteiger partial charge in [0.15, 0.2) is 0 Å². The monoisotopic (exact) mass is 1100 g/mol. The van der Waals surface area contributed by atoms with Gasteiger partial charge in [0.1, 0.15) is 34.6 Å². The van der Waals surface area contributed by atoms with Crippen LogP contribution < -0.4 is 31.9 Å². The van der Waals surface area contributed by atoms with Gasteiger partial charge in [-0.15, -0.1) is 0 Å². The maximum atomic E-state index is 12.6. The van der Waals surface area contributed by atoms with E-state index in [4.69, 9.17) is 4.42 Å². The molecule has 378 valence electrons. The first kappa shape index (κ1) is 53.5. The molecule has 9 heterocycles. The number of aromatic nitrogens is 4. The Balaban J connectivity index is 0.000000152. The van der Waals surface area contributed by atoms with Crippen LogP contribution in [0.2, 0.25) is 0 Å². The van der Waals surface area contributed by atoms with Gasteiger partial charge in [-0.05, 0) is 136 Å². The van der Waals surface area contributed by atoms with Gasteiger partial charge in [0.05, 0.1) is 23.2 Å². The molecule has 0 spiro atoms. The van der Waals surface area contributed by atoms with Crippen LogP contribution in [0.25, 0.3) is 17.0 Å². The molecule has 0 saturated heterocycles. The SMILES string of the molecule is CC1(C)CNc2ncc(Br)cc2C=N1.CC1(C)CNc2ncccc2CN1.CC1(C)NCc2cc(Br)cnc2NC1=O.Cc1c(CN(C)C(=O)/C=C/c2cnc3c(c2)C=NC(C)(C)CN3)oc2ccccc12. The summed E-state index contributed by atoms with van der Waals surface area (Å²) in [5.41, 5.74) is 6.28. The van der Waals surface area contributed by atoms with Gasteiger partial charge in [-0.25, -0.2) is 19.9 Å². The molecule has 4 aliphatic rings. The van der Waals surface area contributed by atoms with Crippen LogP contribution in [-0.4, -0.2) is 97.9 Å². The molecule has 6 aromatic rings. The number of fused-ring (bicyclic) bond motifs is 5. The maximum absolute atomic E-state index is 12.6. The summed E-state index contributed by atoms with van der Waals surface area (Å²) in [6.45, 7) is 22.8. The van der Waals surface area contributed by atoms with Crippen LogP contribution in [0.4, 0.5) is 23.3 Å². The molecule has 5 aromatic heterocycles. The van der Waals surface area contributed by atoms with Crippen LogP contribution in [0.3, 0.4) is 0 Å². The van der Waals surface area contributed by atoms with E-state index in [9.17, 15) is 9.59 Å². The van der Waals surface area contributed by atoms with Gasteiger partial charge in [0.2, 0.25) is 11.8 Å². The standard InChI is InChI=1S/C24H26N4O2.C10H12BrN3O.C10H12BrN3.C10H15N3/c1-16-19-7-5-6-8-20(19)30-21(16)14-28(4)22(29)10-9-17-11-18-13-27-24(2,3)15-26-23(18)25-12-17;1-10(2)9(15)14-8-6(4-13-10)3-7(11)5-12-8;1-10(2)6-13-9-7(4-14-10)3-8(11)5-12-9;1-10(2)7-12-9-8(6-13-10)4-3-5-11-9/h5-13H,14-15H2,1-4H3,(H,25,26);3,5,13H,4H2,1-2H3,(H,12,14,15);3-5H,6H2,1-2H3,(H,12,13);3-5,13H,6-7H2,1-2H3,(H,11,12)/b10-9+;;;. The number of halogens is 2. The molecular weight excluding hydrogens is 1040 g/mol. The number of nitrogens with zero attached hydrogens (tertiary/aromatic N) is 7. The van der Waals surface area contributed by atoms with Crippen molar-refractivity contribution in [3.8, 4) is 0 Å². The molecule has 10 rings (SSSR count). The first-order valence-corrected chi connectivity index (χ1v) is 25.4. The van der Waals surface area contributed by atoms with Crippen molar-refractivity contribution in [2.45, 2.75) is 104 Å². The van der Waals surface area contributed by atoms with Gasteiger partial charge < -0.3 is 35.9 Å². The van der Waals surface area contributed by atoms with E-state index in [1.807, 2.05) is 87.9 Å². The highest BCUT2D eigenvalue weighted by Gasteiger charge is 2.31. The van der Waals surface area contributed by atoms with Crippen molar-refractivity contribution in [3.63, 3.8) is 0 Å². The zero-order valence-corrected chi connectivity index (χ0v) is 45.8. The van der Waals surface area contributed by atoms with E-state index in [-0.39, 0.29) is 28.4 Å². The number of benzene rings is 1. The summed E-state index contributed by atoms with van der Waals surface area (Å²) < 4.78 is 7.81. The average Bonchev–Trinajstić information content (AvgIpc) is 3.50. The van der Waals surface area contributed by atoms with Crippen molar-refractivity contribution in [3.05, 3.63) is 134 Å². The zero-order valence-electron chi connectivity index (χ0n) is 42.7. The van der Waals surface area contributed by atoms with Gasteiger partial charge in [-0.3, -0.25) is 24.9 Å². The van der Waals surface area contributed by atoms with E-state index in [2.05, 4.69) is 141 Å². The number of anilines is 4. The summed E-state index contributed by atoms with van der Waals surface area (Å²) in [6.07, 6.45) is 14.1. The molecule has 0 bridgehead atoms. The van der Waals surface area contributed by atoms with E-state index in [0.29, 0.717) is 18.9 Å². The highest BCUT2D eigenvalue weighted by atomic mass is 79.9. The van der Waals surface area contributed by atoms with Crippen LogP contribution in [0.15, 0.2) is 109 Å². The maximum Gasteiger partial charge on any atom is 0.246 e. The summed E-state index contributed by atoms with van der Waals surface area (Å²) in [4.78, 5) is 52.3. The largest absolute Gasteiger partial charge is 0.459 e. The van der Waals surface area contributed by atoms with E-state index >= 15 is 0 Å². The molecule has 2 amide bonds. The minimum Gasteiger partial charge on any atom is -0.459 e. The molecule has 4 aliphatic heterocycles. The summed E-state index contributed by atoms with van der Waals surface area (Å²) in [6, 6.07) is 17.9. The third-order valence-electron chi connectivity index (χ3n) is 12.2. The Hall–Kier alpha value is -6.34. The summed E-state index contributed by atoms with van der Waals surface area (Å²) in [7, 11) is 1.77. The molecular formula is C54H65Br2N13O3. The van der Waals surface area contributed by atoms with Crippen LogP contribution in [0, 0.1) is 6.92 Å². The number of carbonyl (C=O) groups is 2. The van der Waals surface area contributed by atoms with Gasteiger partial charge in [0, 0.05) is 131 Å². The second kappa shape index (κ2) is 22.6. The van der Waals surface area contributed by atoms with Crippen LogP contribution in [-0.2, 0) is 29.2 Å². The van der Waals surface area contributed by atoms with Crippen molar-refractivity contribution in [1.82, 2.24) is 35.5 Å². The normalized spacial score (nSPS) is 17.4. The molecule has 0 radical (unpaired) electrons. The number of rotatable bonds is 4. The lowest BCUT2D eigenvalue weighted by molar-refractivity contribution is -0.125. The van der Waals surface area contributed by atoms with Gasteiger partial charge in [-0.2, -0.15) is 0 Å². The fourth-order valence-electron chi connectivity index (χ4n) is 7.51. The minimum absolute atomic E-state index is 0.0592. The second-order valence-electron chi connectivity index (χ2n) is 20.5. The molecule has 0 unspecified atom stereocenters. The summed E-state index contributed by atoms with van der Waals surface area (Å²) in [5, 5.41) is 20.5. The van der Waals surface area contributed by atoms with Crippen LogP contribution in [0.5, 0.6) is 0 Å². The van der Waals surface area contributed by atoms with E-state index in [0.717, 1.165) is 97.1 Å². The topological polar surface area (TPSA) is 199 Å². The van der Waals surface area contributed by atoms with Crippen molar-refractivity contribution in [2.75, 3.05) is 47.9 Å². The smallest absolute Gasteiger partial charge is 0.246 e. The molecule has 0 saturated carbocycles. The lowest BCUT2D eigenvalue weighted by Crippen LogP contribution is -2.47. The Kier molecular flexibility index (Phi) is 16.8. The Morgan fingerprint density at radius 1 is 0.722 bits per heavy atom. The van der Waals surface area contributed by atoms with Gasteiger partial charge >= 0.3 is 0 Å². The van der Waals surface area contributed by atoms with Crippen molar-refractivity contribution in [1.29, 1.82) is 0 Å². The molecule has 1 aromatic carbocycles. The molecule has 0 aliphatic carbocycles. The summed E-state index contributed by atoms with van der Waals surface area (Å²) >= 11 is 6.75. The third kappa shape index (κ3) is 14.4. The molecule has 16 nitrogen and oxygen atoms in total. The van der Waals surface area contributed by atoms with Crippen LogP contribution >= 0.6 is 31.9 Å². The second-order valence-corrected chi connectivity index (χ2v) is 22.3. The number of pyridine rings is 4. The molecule has 18 heteroatoms. The zero-order chi connectivity index (χ0) is 51.8. The Bertz CT molecular complexity index is 2990. The molecule has 0 fully saturated rings. The number of nitrogens with one attached hydrogen (secondary N) is 6. The molecule has 6 N–H and O–H groups in total. The highest BCUT2D eigenvalue weighted by Crippen LogP contribution is 2.27. The number of likely N-dealkylation sites (N-methyl/N-ethyl adjacent to an activating group) is 1. The number of hydrogen-bond donors (Lipinski definition) is 6. The lowest BCUT2D eigenvalue weighted by Gasteiger charge is -2.23. The fourth-order valence-corrected chi connectivity index (χ4v) is 8.24. The predicted molar refractivity (Wildman–Crippen MR) is 298 cm³/mol. The van der Waals surface area contributed by atoms with E-state index in [1.165, 1.54) is 5.56 Å². The number of furan rings is 1. The molecule has 72 heavy (non-hydrogen) atoms. The van der Waals surface area contributed by atoms with Crippen molar-refractivity contribution >= 4 is 96.4 Å². The minimum atomic E-state index is -0.562. The summed E-state index contributed by atoms with van der Waals surface area (Å²) in [5.74, 6) is 4.01. The van der Waals surface area contributed by atoms with Gasteiger partial charge in [0.25, 0.3) is 0 Å². The number of carbonyl (C=O) groups excluding carboxylic acids is 2. The van der Waals surface area contributed by atoms with Crippen LogP contribution in [0.1, 0.15) is 94.5 Å². The Morgan fingerprint density at radius 2 is 1.33 bits per heavy atom. The first-order chi connectivity index (χ1) is 34.1. The van der Waals surface area contributed by atoms with E-state index < -0.39 is 5.54 Å². The third-order valence-corrected chi connectivity index (χ3v) is 13.1. The number of amides is 2. The molecule has 0 atom stereocenters. The quantitative estimate of drug-likeness (QED) is 0.0915. The number of aliphatic imine (C=N–C) groups is 2. The fraction of sp³-hybridized carbons (Fsp3) is 0.370. The van der Waals surface area contributed by atoms with Crippen molar-refractivity contribution < 1.29 is 14.0 Å². The predicted octanol–water partition coefficient (Wildman–Crippen LogP) is 9.94. The number of aryl methyl sites for hydroxylation is 1. The van der Waals surface area contributed by atoms with Crippen molar-refractivity contribution in [2.24, 2.45) is 9.98 Å². The Morgan fingerprint density at radius 3 is 2.03 bits per heavy atom. The number of hydrogen-bond acceptors (Lipinski definition) is 14. The van der Waals surface area contributed by atoms with Gasteiger partial charge in [-0.1, -0.05) is 24.3 Å². The first-order valence-electron chi connectivity index (χ1n) is 23.8. The van der Waals surface area contributed by atoms with E-state index in [1.54, 1.807) is 42.7 Å². The number of para-hydroxylation sites is 1. The average molecular weight is 1100 g/mol. The Labute approximate surface area is 439 Å². The highest BCUT2D eigenvalue weighted by molar-refractivity contribution is 9.10.